The number of rotatable bonds is 2. The Balaban J connectivity index is 2.59. The van der Waals surface area contributed by atoms with Gasteiger partial charge in [0.2, 0.25) is 9.84 Å². The van der Waals surface area contributed by atoms with Crippen molar-refractivity contribution in [3.05, 3.63) is 35.0 Å². The van der Waals surface area contributed by atoms with E-state index in [2.05, 4.69) is 0 Å². The van der Waals surface area contributed by atoms with E-state index in [1.165, 1.54) is 6.07 Å². The summed E-state index contributed by atoms with van der Waals surface area (Å²) in [5, 5.41) is 10.8. The van der Waals surface area contributed by atoms with E-state index in [0.717, 1.165) is 11.5 Å². The van der Waals surface area contributed by atoms with Gasteiger partial charge in [-0.2, -0.15) is 0 Å². The molecule has 1 heterocycles. The SMILES string of the molecule is CC(C)(O)CC1=CS(=O)(=O)c2c(F)cccc21. The zero-order valence-corrected chi connectivity index (χ0v) is 10.4. The second kappa shape index (κ2) is 3.65. The number of hydrogen-bond acceptors (Lipinski definition) is 3. The van der Waals surface area contributed by atoms with Crippen molar-refractivity contribution >= 4 is 15.4 Å². The normalized spacial score (nSPS) is 17.8. The molecule has 0 radical (unpaired) electrons. The Bertz CT molecular complexity index is 595. The summed E-state index contributed by atoms with van der Waals surface area (Å²) < 4.78 is 37.1. The van der Waals surface area contributed by atoms with Crippen LogP contribution in [0.2, 0.25) is 0 Å². The average Bonchev–Trinajstić information content (AvgIpc) is 2.36. The smallest absolute Gasteiger partial charge is 0.203 e. The molecule has 0 aliphatic carbocycles. The van der Waals surface area contributed by atoms with E-state index >= 15 is 0 Å². The van der Waals surface area contributed by atoms with E-state index in [-0.39, 0.29) is 11.3 Å². The molecule has 5 heteroatoms. The second-order valence-corrected chi connectivity index (χ2v) is 6.53. The maximum atomic E-state index is 13.5. The van der Waals surface area contributed by atoms with Gasteiger partial charge in [0.25, 0.3) is 0 Å². The Hall–Kier alpha value is -1.20. The van der Waals surface area contributed by atoms with Crippen LogP contribution in [0.15, 0.2) is 28.5 Å². The molecule has 3 nitrogen and oxygen atoms in total. The Morgan fingerprint density at radius 1 is 1.35 bits per heavy atom. The van der Waals surface area contributed by atoms with Gasteiger partial charge >= 0.3 is 0 Å². The molecule has 0 spiro atoms. The summed E-state index contributed by atoms with van der Waals surface area (Å²) in [5.74, 6) is -0.746. The third-order valence-electron chi connectivity index (χ3n) is 2.52. The van der Waals surface area contributed by atoms with Crippen LogP contribution in [0.4, 0.5) is 4.39 Å². The average molecular weight is 256 g/mol. The Morgan fingerprint density at radius 2 is 2.00 bits per heavy atom. The van der Waals surface area contributed by atoms with Gasteiger partial charge in [0.15, 0.2) is 0 Å². The van der Waals surface area contributed by atoms with Crippen LogP contribution in [-0.2, 0) is 9.84 Å². The van der Waals surface area contributed by atoms with Crippen LogP contribution in [0, 0.1) is 5.82 Å². The van der Waals surface area contributed by atoms with Crippen molar-refractivity contribution in [3.63, 3.8) is 0 Å². The summed E-state index contributed by atoms with van der Waals surface area (Å²) in [4.78, 5) is -0.278. The minimum atomic E-state index is -3.71. The summed E-state index contributed by atoms with van der Waals surface area (Å²) >= 11 is 0. The first-order valence-electron chi connectivity index (χ1n) is 5.18. The van der Waals surface area contributed by atoms with Gasteiger partial charge in [-0.3, -0.25) is 0 Å². The molecular formula is C12H13FO3S. The number of benzene rings is 1. The monoisotopic (exact) mass is 256 g/mol. The number of halogens is 1. The predicted molar refractivity (Wildman–Crippen MR) is 62.5 cm³/mol. The van der Waals surface area contributed by atoms with Crippen LogP contribution >= 0.6 is 0 Å². The van der Waals surface area contributed by atoms with Gasteiger partial charge in [-0.1, -0.05) is 12.1 Å². The quantitative estimate of drug-likeness (QED) is 0.881. The second-order valence-electron chi connectivity index (χ2n) is 4.79. The summed E-state index contributed by atoms with van der Waals surface area (Å²) in [7, 11) is -3.71. The molecule has 1 aromatic carbocycles. The fourth-order valence-electron chi connectivity index (χ4n) is 1.96. The number of fused-ring (bicyclic) bond motifs is 1. The molecule has 0 unspecified atom stereocenters. The maximum absolute atomic E-state index is 13.5. The first kappa shape index (κ1) is 12.3. The van der Waals surface area contributed by atoms with Crippen LogP contribution < -0.4 is 0 Å². The zero-order chi connectivity index (χ0) is 12.8. The molecule has 0 bridgehead atoms. The molecule has 0 aromatic heterocycles. The van der Waals surface area contributed by atoms with E-state index in [1.807, 2.05) is 0 Å². The number of aliphatic hydroxyl groups is 1. The summed E-state index contributed by atoms with van der Waals surface area (Å²) in [6, 6.07) is 4.14. The third kappa shape index (κ3) is 2.25. The molecule has 1 aliphatic rings. The third-order valence-corrected chi connectivity index (χ3v) is 4.10. The maximum Gasteiger partial charge on any atom is 0.203 e. The van der Waals surface area contributed by atoms with E-state index in [1.54, 1.807) is 19.9 Å². The Morgan fingerprint density at radius 3 is 2.59 bits per heavy atom. The first-order chi connectivity index (χ1) is 7.71. The molecule has 0 atom stereocenters. The molecule has 0 fully saturated rings. The van der Waals surface area contributed by atoms with Crippen LogP contribution in [0.5, 0.6) is 0 Å². The number of sulfone groups is 1. The molecule has 1 aliphatic heterocycles. The largest absolute Gasteiger partial charge is 0.390 e. The highest BCUT2D eigenvalue weighted by Crippen LogP contribution is 2.38. The van der Waals surface area contributed by atoms with Crippen molar-refractivity contribution in [1.29, 1.82) is 0 Å². The molecule has 0 saturated carbocycles. The van der Waals surface area contributed by atoms with E-state index in [0.29, 0.717) is 11.1 Å². The minimum absolute atomic E-state index is 0.169. The molecule has 92 valence electrons. The fraction of sp³-hybridized carbons (Fsp3) is 0.333. The van der Waals surface area contributed by atoms with Crippen LogP contribution in [0.3, 0.4) is 0 Å². The van der Waals surface area contributed by atoms with Gasteiger partial charge in [0, 0.05) is 17.4 Å². The van der Waals surface area contributed by atoms with Crippen molar-refractivity contribution in [2.75, 3.05) is 0 Å². The zero-order valence-electron chi connectivity index (χ0n) is 9.57. The highest BCUT2D eigenvalue weighted by molar-refractivity contribution is 7.95. The molecule has 0 saturated heterocycles. The van der Waals surface area contributed by atoms with Crippen molar-refractivity contribution in [3.8, 4) is 0 Å². The first-order valence-corrected chi connectivity index (χ1v) is 6.72. The van der Waals surface area contributed by atoms with Gasteiger partial charge in [0.1, 0.15) is 10.7 Å². The highest BCUT2D eigenvalue weighted by Gasteiger charge is 2.32. The standard InChI is InChI=1S/C12H13FO3S/c1-12(2,14)6-8-7-17(15,16)11-9(8)4-3-5-10(11)13/h3-5,7,14H,6H2,1-2H3. The van der Waals surface area contributed by atoms with Gasteiger partial charge in [-0.25, -0.2) is 12.8 Å². The van der Waals surface area contributed by atoms with Crippen molar-refractivity contribution in [2.45, 2.75) is 30.8 Å². The van der Waals surface area contributed by atoms with Crippen molar-refractivity contribution in [1.82, 2.24) is 0 Å². The van der Waals surface area contributed by atoms with Gasteiger partial charge < -0.3 is 5.11 Å². The van der Waals surface area contributed by atoms with Crippen LogP contribution in [-0.4, -0.2) is 19.1 Å². The lowest BCUT2D eigenvalue weighted by atomic mass is 9.95. The Kier molecular flexibility index (Phi) is 2.63. The lowest BCUT2D eigenvalue weighted by Crippen LogP contribution is -2.18. The lowest BCUT2D eigenvalue weighted by molar-refractivity contribution is 0.0864. The molecule has 0 amide bonds. The topological polar surface area (TPSA) is 54.4 Å². The molecular weight excluding hydrogens is 243 g/mol. The van der Waals surface area contributed by atoms with Crippen LogP contribution in [0.1, 0.15) is 25.8 Å². The minimum Gasteiger partial charge on any atom is -0.390 e. The van der Waals surface area contributed by atoms with Gasteiger partial charge in [-0.15, -0.1) is 0 Å². The molecule has 1 N–H and O–H groups in total. The van der Waals surface area contributed by atoms with Crippen LogP contribution in [0.25, 0.3) is 5.57 Å². The Labute approximate surface area is 99.5 Å². The van der Waals surface area contributed by atoms with Crippen molar-refractivity contribution in [2.24, 2.45) is 0 Å². The van der Waals surface area contributed by atoms with E-state index in [9.17, 15) is 17.9 Å². The summed E-state index contributed by atoms with van der Waals surface area (Å²) in [6.07, 6.45) is 0.169. The summed E-state index contributed by atoms with van der Waals surface area (Å²) in [6.45, 7) is 3.16. The lowest BCUT2D eigenvalue weighted by Gasteiger charge is -2.17. The molecule has 17 heavy (non-hydrogen) atoms. The molecule has 1 aromatic rings. The van der Waals surface area contributed by atoms with E-state index < -0.39 is 21.3 Å². The summed E-state index contributed by atoms with van der Waals surface area (Å²) in [5.41, 5.74) is -0.228. The van der Waals surface area contributed by atoms with Crippen molar-refractivity contribution < 1.29 is 17.9 Å². The van der Waals surface area contributed by atoms with Gasteiger partial charge in [-0.05, 0) is 25.5 Å². The molecule has 2 rings (SSSR count). The highest BCUT2D eigenvalue weighted by atomic mass is 32.2. The van der Waals surface area contributed by atoms with Gasteiger partial charge in [0.05, 0.1) is 5.60 Å². The number of hydrogen-bond donors (Lipinski definition) is 1. The fourth-order valence-corrected chi connectivity index (χ4v) is 3.51. The predicted octanol–water partition coefficient (Wildman–Crippen LogP) is 2.11. The van der Waals surface area contributed by atoms with E-state index in [4.69, 9.17) is 0 Å².